The van der Waals surface area contributed by atoms with Crippen LogP contribution >= 0.6 is 0 Å². The van der Waals surface area contributed by atoms with Crippen LogP contribution in [0.5, 0.6) is 0 Å². The molecular formula is C35H46Cl2Zr-2. The van der Waals surface area contributed by atoms with Gasteiger partial charge >= 0.3 is 66.0 Å². The van der Waals surface area contributed by atoms with E-state index >= 15 is 0 Å². The second kappa shape index (κ2) is 15.3. The van der Waals surface area contributed by atoms with Gasteiger partial charge in [0.1, 0.15) is 0 Å². The van der Waals surface area contributed by atoms with Crippen molar-refractivity contribution in [2.45, 2.75) is 118 Å². The third kappa shape index (κ3) is 9.71. The van der Waals surface area contributed by atoms with Gasteiger partial charge in [0.25, 0.3) is 0 Å². The molecule has 0 amide bonds. The second-order valence-electron chi connectivity index (χ2n) is 12.7. The number of rotatable bonds is 0. The molecule has 0 nitrogen and oxygen atoms in total. The number of hydrogen-bond acceptors (Lipinski definition) is 0. The standard InChI is InChI=1S/C23H29.C7H12.C5H5.2ClH.Zr/c1-14-9-16-11-17-10-15(2)21(23(6,7)8)13-19(17)18(16)12-20(14)22(3,4)5;1-2-4-6-7-5-3-1;1-2-4-5-3-1;;;/h9,12-13H,11H2,1-8H3;1-6H2;1-3H,4H2;2*1H;/q-1;;-1;;;+2/p-2. The van der Waals surface area contributed by atoms with Crippen LogP contribution in [0, 0.1) is 26.0 Å². The van der Waals surface area contributed by atoms with Gasteiger partial charge in [-0.25, -0.2) is 12.2 Å². The topological polar surface area (TPSA) is 0 Å². The van der Waals surface area contributed by atoms with Gasteiger partial charge in [-0.05, 0) is 35.4 Å². The van der Waals surface area contributed by atoms with E-state index in [1.165, 1.54) is 83.0 Å². The van der Waals surface area contributed by atoms with E-state index in [9.17, 15) is 0 Å². The average Bonchev–Trinajstić information content (AvgIpc) is 3.39. The van der Waals surface area contributed by atoms with Gasteiger partial charge in [0.15, 0.2) is 0 Å². The maximum absolute atomic E-state index is 3.69. The molecule has 0 spiro atoms. The molecule has 38 heavy (non-hydrogen) atoms. The van der Waals surface area contributed by atoms with Crippen LogP contribution in [0.2, 0.25) is 0 Å². The van der Waals surface area contributed by atoms with Crippen LogP contribution in [-0.4, -0.2) is 3.21 Å². The molecule has 1 saturated carbocycles. The molecule has 0 atom stereocenters. The molecular weight excluding hydrogens is 583 g/mol. The van der Waals surface area contributed by atoms with Gasteiger partial charge in [-0.15, -0.1) is 23.1 Å². The van der Waals surface area contributed by atoms with Gasteiger partial charge in [-0.3, -0.25) is 6.08 Å². The van der Waals surface area contributed by atoms with Crippen LogP contribution < -0.4 is 24.8 Å². The summed E-state index contributed by atoms with van der Waals surface area (Å²) in [4.78, 5) is 0. The van der Waals surface area contributed by atoms with Crippen molar-refractivity contribution in [1.29, 1.82) is 0 Å². The zero-order chi connectivity index (χ0) is 26.5. The molecule has 0 unspecified atom stereocenters. The van der Waals surface area contributed by atoms with Crippen molar-refractivity contribution < 1.29 is 49.0 Å². The van der Waals surface area contributed by atoms with Crippen LogP contribution in [0.25, 0.3) is 11.1 Å². The summed E-state index contributed by atoms with van der Waals surface area (Å²) >= 11 is 1.69. The molecule has 0 aliphatic heterocycles. The Kier molecular flexibility index (Phi) is 14.2. The molecule has 2 aromatic rings. The molecule has 206 valence electrons. The Hall–Kier alpha value is -0.747. The first kappa shape index (κ1) is 35.3. The second-order valence-corrected chi connectivity index (χ2v) is 14.5. The van der Waals surface area contributed by atoms with Crippen molar-refractivity contribution in [2.24, 2.45) is 0 Å². The third-order valence-electron chi connectivity index (χ3n) is 7.37. The van der Waals surface area contributed by atoms with E-state index in [0.29, 0.717) is 0 Å². The number of aryl methyl sites for hydroxylation is 2. The van der Waals surface area contributed by atoms with E-state index in [1.807, 2.05) is 15.4 Å². The summed E-state index contributed by atoms with van der Waals surface area (Å²) in [5.41, 5.74) is 11.6. The molecule has 0 radical (unpaired) electrons. The van der Waals surface area contributed by atoms with Crippen LogP contribution in [0.3, 0.4) is 0 Å². The van der Waals surface area contributed by atoms with Crippen molar-refractivity contribution in [3.63, 3.8) is 0 Å². The van der Waals surface area contributed by atoms with E-state index in [4.69, 9.17) is 0 Å². The Morgan fingerprint density at radius 2 is 1.34 bits per heavy atom. The molecule has 5 rings (SSSR count). The first-order chi connectivity index (χ1) is 16.9. The maximum atomic E-state index is 3.69. The fourth-order valence-electron chi connectivity index (χ4n) is 5.52. The third-order valence-corrected chi connectivity index (χ3v) is 8.60. The van der Waals surface area contributed by atoms with Gasteiger partial charge in [-0.1, -0.05) is 71.6 Å². The zero-order valence-corrected chi connectivity index (χ0v) is 28.8. The van der Waals surface area contributed by atoms with Crippen LogP contribution in [0.4, 0.5) is 0 Å². The predicted octanol–water partition coefficient (Wildman–Crippen LogP) is 3.64. The van der Waals surface area contributed by atoms with E-state index in [-0.39, 0.29) is 35.6 Å². The summed E-state index contributed by atoms with van der Waals surface area (Å²) in [5, 5.41) is 0. The van der Waals surface area contributed by atoms with Gasteiger partial charge in [0.05, 0.1) is 0 Å². The van der Waals surface area contributed by atoms with Crippen molar-refractivity contribution in [3.05, 3.63) is 82.0 Å². The van der Waals surface area contributed by atoms with E-state index in [2.05, 4.69) is 91.8 Å². The predicted molar refractivity (Wildman–Crippen MR) is 155 cm³/mol. The van der Waals surface area contributed by atoms with E-state index in [0.717, 1.165) is 12.8 Å². The molecule has 3 heteroatoms. The molecule has 3 aliphatic rings. The zero-order valence-electron chi connectivity index (χ0n) is 24.9. The molecule has 0 N–H and O–H groups in total. The minimum absolute atomic E-state index is 0. The average molecular weight is 629 g/mol. The Labute approximate surface area is 261 Å². The summed E-state index contributed by atoms with van der Waals surface area (Å²) in [6.45, 7) is 18.2. The van der Waals surface area contributed by atoms with Crippen LogP contribution in [0.15, 0.2) is 36.4 Å². The normalized spacial score (nSPS) is 15.6. The number of hydrogen-bond donors (Lipinski definition) is 0. The number of fused-ring (bicyclic) bond motifs is 3. The summed E-state index contributed by atoms with van der Waals surface area (Å²) < 4.78 is 1.81. The molecule has 2 aromatic carbocycles. The fraction of sp³-hybridized carbons (Fsp3) is 0.514. The number of allylic oxidation sites excluding steroid dienone is 4. The quantitative estimate of drug-likeness (QED) is 0.264. The summed E-state index contributed by atoms with van der Waals surface area (Å²) in [6.07, 6.45) is 19.8. The number of halogens is 2. The van der Waals surface area contributed by atoms with E-state index in [1.54, 1.807) is 24.2 Å². The van der Waals surface area contributed by atoms with Crippen LogP contribution in [-0.2, 0) is 41.5 Å². The first-order valence-electron chi connectivity index (χ1n) is 13.9. The minimum atomic E-state index is 0. The van der Waals surface area contributed by atoms with E-state index < -0.39 is 0 Å². The summed E-state index contributed by atoms with van der Waals surface area (Å²) in [5.74, 6) is 0. The van der Waals surface area contributed by atoms with Crippen molar-refractivity contribution in [3.8, 4) is 11.1 Å². The van der Waals surface area contributed by atoms with Gasteiger partial charge in [0, 0.05) is 0 Å². The molecule has 0 heterocycles. The Bertz CT molecular complexity index is 1050. The molecule has 1 fully saturated rings. The number of benzene rings is 2. The van der Waals surface area contributed by atoms with Crippen LogP contribution in [0.1, 0.15) is 120 Å². The summed E-state index contributed by atoms with van der Waals surface area (Å²) in [6, 6.07) is 10.9. The van der Waals surface area contributed by atoms with Gasteiger partial charge < -0.3 is 24.8 Å². The van der Waals surface area contributed by atoms with Crippen molar-refractivity contribution >= 4 is 3.21 Å². The first-order valence-corrected chi connectivity index (χ1v) is 15.1. The Morgan fingerprint density at radius 1 is 0.763 bits per heavy atom. The Balaban J connectivity index is 0.000000396. The fourth-order valence-corrected chi connectivity index (χ4v) is 6.39. The SMILES string of the molecule is Cc1[c-]c2c(cc1C(C)(C)C)-c1cc(C(C)(C)C)c(C)cc1C2.[C-]1=CC=CC1.[Cl-].[Cl-].[Zr+2]=[C]1CCCCCC1. The molecule has 0 aromatic heterocycles. The monoisotopic (exact) mass is 626 g/mol. The van der Waals surface area contributed by atoms with Crippen molar-refractivity contribution in [1.82, 2.24) is 0 Å². The molecule has 3 aliphatic carbocycles. The Morgan fingerprint density at radius 3 is 1.82 bits per heavy atom. The van der Waals surface area contributed by atoms with Gasteiger partial charge in [0.2, 0.25) is 0 Å². The molecule has 0 bridgehead atoms. The summed E-state index contributed by atoms with van der Waals surface area (Å²) in [7, 11) is 0. The van der Waals surface area contributed by atoms with Gasteiger partial charge in [-0.2, -0.15) is 23.8 Å². The van der Waals surface area contributed by atoms with Crippen molar-refractivity contribution in [2.75, 3.05) is 0 Å². The molecule has 0 saturated heterocycles.